The molecule has 2 aromatic heterocycles. The third-order valence-electron chi connectivity index (χ3n) is 2.98. The predicted octanol–water partition coefficient (Wildman–Crippen LogP) is 0.855. The van der Waals surface area contributed by atoms with Crippen molar-refractivity contribution in [3.8, 4) is 17.6 Å². The van der Waals surface area contributed by atoms with Crippen molar-refractivity contribution >= 4 is 22.8 Å². The van der Waals surface area contributed by atoms with Crippen molar-refractivity contribution in [2.45, 2.75) is 0 Å². The number of aromatic amines is 1. The van der Waals surface area contributed by atoms with Crippen LogP contribution in [0.5, 0.6) is 0 Å². The first-order valence-electron chi connectivity index (χ1n) is 6.42. The third-order valence-corrected chi connectivity index (χ3v) is 2.98. The number of hydrogen-bond acceptors (Lipinski definition) is 6. The number of nitrogen functional groups attached to an aromatic ring is 1. The standard InChI is InChI=1S/C14H11N7O/c15-5-6-17-14(22)10-7-18-12(16)11(19-10)13-20-8-3-1-2-4-9(8)21-13/h1-4,7H,6H2,(H2,16,18)(H,17,22)(H,20,21). The average molecular weight is 293 g/mol. The first-order valence-corrected chi connectivity index (χ1v) is 6.42. The first-order chi connectivity index (χ1) is 10.7. The molecule has 4 N–H and O–H groups in total. The number of nitrogens with zero attached hydrogens (tertiary/aromatic N) is 4. The normalized spacial score (nSPS) is 10.3. The number of benzene rings is 1. The molecular weight excluding hydrogens is 282 g/mol. The van der Waals surface area contributed by atoms with Crippen LogP contribution in [0.3, 0.4) is 0 Å². The highest BCUT2D eigenvalue weighted by Crippen LogP contribution is 2.22. The van der Waals surface area contributed by atoms with Crippen molar-refractivity contribution in [3.05, 3.63) is 36.2 Å². The van der Waals surface area contributed by atoms with E-state index in [0.29, 0.717) is 11.5 Å². The minimum absolute atomic E-state index is 0.0694. The lowest BCUT2D eigenvalue weighted by molar-refractivity contribution is 0.0953. The van der Waals surface area contributed by atoms with Gasteiger partial charge in [-0.2, -0.15) is 5.26 Å². The van der Waals surface area contributed by atoms with Gasteiger partial charge in [0.25, 0.3) is 5.91 Å². The van der Waals surface area contributed by atoms with E-state index in [1.807, 2.05) is 30.3 Å². The Kier molecular flexibility index (Phi) is 3.37. The van der Waals surface area contributed by atoms with E-state index in [9.17, 15) is 4.79 Å². The number of anilines is 1. The van der Waals surface area contributed by atoms with E-state index in [-0.39, 0.29) is 18.1 Å². The van der Waals surface area contributed by atoms with Gasteiger partial charge in [-0.05, 0) is 12.1 Å². The fourth-order valence-electron chi connectivity index (χ4n) is 1.96. The molecule has 8 heteroatoms. The lowest BCUT2D eigenvalue weighted by Crippen LogP contribution is -2.25. The van der Waals surface area contributed by atoms with E-state index >= 15 is 0 Å². The summed E-state index contributed by atoms with van der Waals surface area (Å²) in [6.07, 6.45) is 1.26. The summed E-state index contributed by atoms with van der Waals surface area (Å²) in [7, 11) is 0. The van der Waals surface area contributed by atoms with Gasteiger partial charge in [0.05, 0.1) is 23.3 Å². The van der Waals surface area contributed by atoms with Crippen LogP contribution < -0.4 is 11.1 Å². The molecule has 0 bridgehead atoms. The number of aromatic nitrogens is 4. The molecule has 0 spiro atoms. The zero-order chi connectivity index (χ0) is 15.5. The number of nitriles is 1. The summed E-state index contributed by atoms with van der Waals surface area (Å²) >= 11 is 0. The highest BCUT2D eigenvalue weighted by atomic mass is 16.1. The number of para-hydroxylation sites is 2. The molecule has 0 atom stereocenters. The summed E-state index contributed by atoms with van der Waals surface area (Å²) in [5.74, 6) is 0.100. The van der Waals surface area contributed by atoms with Crippen molar-refractivity contribution in [2.24, 2.45) is 0 Å². The number of amides is 1. The van der Waals surface area contributed by atoms with Gasteiger partial charge >= 0.3 is 0 Å². The van der Waals surface area contributed by atoms with Crippen LogP contribution in [-0.2, 0) is 0 Å². The van der Waals surface area contributed by atoms with Crippen LogP contribution in [-0.4, -0.2) is 32.4 Å². The number of fused-ring (bicyclic) bond motifs is 1. The van der Waals surface area contributed by atoms with Gasteiger partial charge in [0.2, 0.25) is 0 Å². The van der Waals surface area contributed by atoms with Gasteiger partial charge in [0.15, 0.2) is 11.6 Å². The van der Waals surface area contributed by atoms with Gasteiger partial charge in [0, 0.05) is 0 Å². The summed E-state index contributed by atoms with van der Waals surface area (Å²) in [4.78, 5) is 27.5. The summed E-state index contributed by atoms with van der Waals surface area (Å²) in [6, 6.07) is 9.29. The molecule has 0 fully saturated rings. The molecule has 0 radical (unpaired) electrons. The average Bonchev–Trinajstić information content (AvgIpc) is 2.96. The zero-order valence-corrected chi connectivity index (χ0v) is 11.4. The molecule has 0 aliphatic carbocycles. The quantitative estimate of drug-likeness (QED) is 0.613. The Morgan fingerprint density at radius 1 is 1.36 bits per heavy atom. The Labute approximate surface area is 125 Å². The number of H-pyrrole nitrogens is 1. The van der Waals surface area contributed by atoms with Gasteiger partial charge in [-0.3, -0.25) is 4.79 Å². The third kappa shape index (κ3) is 2.43. The van der Waals surface area contributed by atoms with Gasteiger partial charge < -0.3 is 16.0 Å². The van der Waals surface area contributed by atoms with Crippen molar-refractivity contribution in [1.29, 1.82) is 5.26 Å². The van der Waals surface area contributed by atoms with Crippen molar-refractivity contribution in [3.63, 3.8) is 0 Å². The first kappa shape index (κ1) is 13.5. The number of imidazole rings is 1. The van der Waals surface area contributed by atoms with Crippen LogP contribution in [0.15, 0.2) is 30.5 Å². The van der Waals surface area contributed by atoms with Crippen molar-refractivity contribution in [1.82, 2.24) is 25.3 Å². The van der Waals surface area contributed by atoms with Gasteiger partial charge in [-0.1, -0.05) is 12.1 Å². The Bertz CT molecular complexity index is 861. The second-order valence-electron chi connectivity index (χ2n) is 4.43. The maximum Gasteiger partial charge on any atom is 0.272 e. The van der Waals surface area contributed by atoms with Gasteiger partial charge in [-0.25, -0.2) is 15.0 Å². The van der Waals surface area contributed by atoms with E-state index in [1.54, 1.807) is 0 Å². The molecule has 22 heavy (non-hydrogen) atoms. The largest absolute Gasteiger partial charge is 0.382 e. The summed E-state index contributed by atoms with van der Waals surface area (Å²) < 4.78 is 0. The fourth-order valence-corrected chi connectivity index (χ4v) is 1.96. The summed E-state index contributed by atoms with van der Waals surface area (Å²) in [6.45, 7) is -0.106. The van der Waals surface area contributed by atoms with Crippen molar-refractivity contribution in [2.75, 3.05) is 12.3 Å². The molecule has 1 aromatic carbocycles. The number of nitrogens with one attached hydrogen (secondary N) is 2. The molecule has 3 rings (SSSR count). The number of carbonyl (C=O) groups excluding carboxylic acids is 1. The van der Waals surface area contributed by atoms with Crippen LogP contribution in [0.25, 0.3) is 22.6 Å². The Morgan fingerprint density at radius 3 is 2.95 bits per heavy atom. The summed E-state index contributed by atoms with van der Waals surface area (Å²) in [5.41, 5.74) is 7.78. The van der Waals surface area contributed by atoms with Crippen LogP contribution in [0.1, 0.15) is 10.5 Å². The number of hydrogen-bond donors (Lipinski definition) is 3. The molecule has 1 amide bonds. The van der Waals surface area contributed by atoms with Crippen LogP contribution in [0.2, 0.25) is 0 Å². The maximum atomic E-state index is 11.8. The molecule has 0 saturated carbocycles. The Hall–Kier alpha value is -3.47. The van der Waals surface area contributed by atoms with E-state index in [2.05, 4.69) is 25.3 Å². The SMILES string of the molecule is N#CCNC(=O)c1cnc(N)c(-c2nc3ccccc3[nH]2)n1. The minimum atomic E-state index is -0.494. The molecule has 8 nitrogen and oxygen atoms in total. The molecule has 0 aliphatic rings. The minimum Gasteiger partial charge on any atom is -0.382 e. The Balaban J connectivity index is 2.02. The molecule has 3 aromatic rings. The molecule has 108 valence electrons. The summed E-state index contributed by atoms with van der Waals surface area (Å²) in [5, 5.41) is 10.9. The Morgan fingerprint density at radius 2 is 2.18 bits per heavy atom. The highest BCUT2D eigenvalue weighted by molar-refractivity contribution is 5.93. The van der Waals surface area contributed by atoms with E-state index in [1.165, 1.54) is 6.20 Å². The topological polar surface area (TPSA) is 133 Å². The zero-order valence-electron chi connectivity index (χ0n) is 11.4. The number of rotatable bonds is 3. The molecule has 0 saturated heterocycles. The van der Waals surface area contributed by atoms with Crippen LogP contribution >= 0.6 is 0 Å². The molecule has 2 heterocycles. The van der Waals surface area contributed by atoms with Crippen LogP contribution in [0.4, 0.5) is 5.82 Å². The molecule has 0 unspecified atom stereocenters. The molecule has 0 aliphatic heterocycles. The smallest absolute Gasteiger partial charge is 0.272 e. The van der Waals surface area contributed by atoms with Gasteiger partial charge in [-0.15, -0.1) is 0 Å². The van der Waals surface area contributed by atoms with Gasteiger partial charge in [0.1, 0.15) is 17.9 Å². The van der Waals surface area contributed by atoms with Crippen LogP contribution in [0, 0.1) is 11.3 Å². The van der Waals surface area contributed by atoms with Crippen molar-refractivity contribution < 1.29 is 4.79 Å². The lowest BCUT2D eigenvalue weighted by Gasteiger charge is -2.04. The second-order valence-corrected chi connectivity index (χ2v) is 4.43. The molecular formula is C14H11N7O. The lowest BCUT2D eigenvalue weighted by atomic mass is 10.3. The number of carbonyl (C=O) groups is 1. The number of nitrogens with two attached hydrogens (primary N) is 1. The highest BCUT2D eigenvalue weighted by Gasteiger charge is 2.15. The maximum absolute atomic E-state index is 11.8. The second kappa shape index (κ2) is 5.49. The fraction of sp³-hybridized carbons (Fsp3) is 0.0714. The van der Waals surface area contributed by atoms with E-state index < -0.39 is 5.91 Å². The van der Waals surface area contributed by atoms with E-state index in [4.69, 9.17) is 11.0 Å². The predicted molar refractivity (Wildman–Crippen MR) is 79.5 cm³/mol. The monoisotopic (exact) mass is 293 g/mol. The van der Waals surface area contributed by atoms with E-state index in [0.717, 1.165) is 11.0 Å².